The van der Waals surface area contributed by atoms with Crippen LogP contribution in [0.15, 0.2) is 48.7 Å². The zero-order chi connectivity index (χ0) is 13.1. The van der Waals surface area contributed by atoms with Crippen LogP contribution < -0.4 is 5.73 Å². The molecule has 0 saturated carbocycles. The molecule has 2 N–H and O–H groups in total. The van der Waals surface area contributed by atoms with Crippen LogP contribution in [-0.2, 0) is 6.54 Å². The van der Waals surface area contributed by atoms with Crippen LogP contribution >= 0.6 is 0 Å². The molecular formula is C13H12N6. The smallest absolute Gasteiger partial charge is 0.205 e. The number of nitrogens with two attached hydrogens (primary N) is 1. The normalized spacial score (nSPS) is 10.6. The van der Waals surface area contributed by atoms with Crippen LogP contribution in [0, 0.1) is 0 Å². The Bertz CT molecular complexity index is 676. The summed E-state index contributed by atoms with van der Waals surface area (Å²) in [4.78, 5) is 5.65. The number of hydrogen-bond donors (Lipinski definition) is 1. The van der Waals surface area contributed by atoms with Crippen molar-refractivity contribution in [3.8, 4) is 17.2 Å². The topological polar surface area (TPSA) is 82.5 Å². The Kier molecular flexibility index (Phi) is 2.99. The van der Waals surface area contributed by atoms with Crippen LogP contribution in [0.2, 0.25) is 0 Å². The SMILES string of the molecule is NCc1cccnc1-n1nnc(-c2ccccc2)n1. The molecule has 0 aliphatic carbocycles. The molecule has 0 unspecified atom stereocenters. The Morgan fingerprint density at radius 1 is 1.05 bits per heavy atom. The summed E-state index contributed by atoms with van der Waals surface area (Å²) in [5.74, 6) is 1.17. The maximum absolute atomic E-state index is 5.68. The third-order valence-corrected chi connectivity index (χ3v) is 2.72. The minimum Gasteiger partial charge on any atom is -0.326 e. The van der Waals surface area contributed by atoms with Gasteiger partial charge < -0.3 is 5.73 Å². The van der Waals surface area contributed by atoms with E-state index in [1.165, 1.54) is 4.80 Å². The lowest BCUT2D eigenvalue weighted by Crippen LogP contribution is -2.09. The first kappa shape index (κ1) is 11.5. The number of pyridine rings is 1. The third-order valence-electron chi connectivity index (χ3n) is 2.72. The van der Waals surface area contributed by atoms with Crippen molar-refractivity contribution < 1.29 is 0 Å². The third kappa shape index (κ3) is 2.21. The summed E-state index contributed by atoms with van der Waals surface area (Å²) >= 11 is 0. The van der Waals surface area contributed by atoms with E-state index < -0.39 is 0 Å². The number of rotatable bonds is 3. The Balaban J connectivity index is 2.02. The van der Waals surface area contributed by atoms with Crippen LogP contribution in [0.5, 0.6) is 0 Å². The second-order valence-electron chi connectivity index (χ2n) is 3.96. The van der Waals surface area contributed by atoms with Crippen LogP contribution in [0.4, 0.5) is 0 Å². The molecule has 6 heteroatoms. The van der Waals surface area contributed by atoms with Gasteiger partial charge in [-0.15, -0.1) is 15.0 Å². The monoisotopic (exact) mass is 252 g/mol. The van der Waals surface area contributed by atoms with Gasteiger partial charge in [0.1, 0.15) is 0 Å². The molecule has 2 aromatic heterocycles. The highest BCUT2D eigenvalue weighted by molar-refractivity contribution is 5.53. The predicted molar refractivity (Wildman–Crippen MR) is 70.3 cm³/mol. The van der Waals surface area contributed by atoms with Gasteiger partial charge in [-0.3, -0.25) is 0 Å². The number of hydrogen-bond acceptors (Lipinski definition) is 5. The fourth-order valence-corrected chi connectivity index (χ4v) is 1.78. The Morgan fingerprint density at radius 2 is 1.89 bits per heavy atom. The van der Waals surface area contributed by atoms with E-state index in [0.29, 0.717) is 18.2 Å². The molecule has 6 nitrogen and oxygen atoms in total. The molecule has 0 bridgehead atoms. The maximum Gasteiger partial charge on any atom is 0.205 e. The summed E-state index contributed by atoms with van der Waals surface area (Å²) in [6.07, 6.45) is 1.68. The van der Waals surface area contributed by atoms with Crippen molar-refractivity contribution in [1.29, 1.82) is 0 Å². The highest BCUT2D eigenvalue weighted by atomic mass is 15.6. The van der Waals surface area contributed by atoms with Crippen molar-refractivity contribution in [2.75, 3.05) is 0 Å². The summed E-state index contributed by atoms with van der Waals surface area (Å²) in [6, 6.07) is 13.4. The minimum atomic E-state index is 0.380. The molecule has 0 saturated heterocycles. The van der Waals surface area contributed by atoms with Gasteiger partial charge in [0, 0.05) is 23.9 Å². The molecule has 0 aliphatic heterocycles. The first-order valence-electron chi connectivity index (χ1n) is 5.88. The second-order valence-corrected chi connectivity index (χ2v) is 3.96. The fraction of sp³-hybridized carbons (Fsp3) is 0.0769. The molecule has 2 heterocycles. The van der Waals surface area contributed by atoms with Crippen LogP contribution in [-0.4, -0.2) is 25.2 Å². The van der Waals surface area contributed by atoms with Gasteiger partial charge in [-0.2, -0.15) is 0 Å². The van der Waals surface area contributed by atoms with Crippen molar-refractivity contribution in [1.82, 2.24) is 25.2 Å². The Morgan fingerprint density at radius 3 is 2.68 bits per heavy atom. The van der Waals surface area contributed by atoms with Crippen molar-refractivity contribution in [2.24, 2.45) is 5.73 Å². The van der Waals surface area contributed by atoms with E-state index in [-0.39, 0.29) is 0 Å². The highest BCUT2D eigenvalue weighted by Crippen LogP contribution is 2.14. The van der Waals surface area contributed by atoms with Gasteiger partial charge in [-0.25, -0.2) is 4.98 Å². The van der Waals surface area contributed by atoms with Gasteiger partial charge in [0.2, 0.25) is 5.82 Å². The number of tetrazole rings is 1. The van der Waals surface area contributed by atoms with E-state index in [1.54, 1.807) is 6.20 Å². The van der Waals surface area contributed by atoms with E-state index in [9.17, 15) is 0 Å². The molecular weight excluding hydrogens is 240 g/mol. The molecule has 0 spiro atoms. The largest absolute Gasteiger partial charge is 0.326 e. The van der Waals surface area contributed by atoms with Crippen molar-refractivity contribution in [2.45, 2.75) is 6.54 Å². The summed E-state index contributed by atoms with van der Waals surface area (Å²) in [5.41, 5.74) is 7.47. The standard InChI is InChI=1S/C13H12N6/c14-9-11-7-4-8-15-13(11)19-17-12(16-18-19)10-5-2-1-3-6-10/h1-8H,9,14H2. The summed E-state index contributed by atoms with van der Waals surface area (Å²) in [7, 11) is 0. The average molecular weight is 252 g/mol. The fourth-order valence-electron chi connectivity index (χ4n) is 1.78. The Labute approximate surface area is 109 Å². The van der Waals surface area contributed by atoms with Crippen molar-refractivity contribution >= 4 is 0 Å². The predicted octanol–water partition coefficient (Wildman–Crippen LogP) is 1.18. The molecule has 0 fully saturated rings. The number of aromatic nitrogens is 5. The van der Waals surface area contributed by atoms with Gasteiger partial charge in [-0.05, 0) is 11.3 Å². The van der Waals surface area contributed by atoms with Gasteiger partial charge in [0.05, 0.1) is 0 Å². The quantitative estimate of drug-likeness (QED) is 0.757. The highest BCUT2D eigenvalue weighted by Gasteiger charge is 2.10. The Hall–Kier alpha value is -2.60. The number of nitrogens with zero attached hydrogens (tertiary/aromatic N) is 5. The molecule has 0 aliphatic rings. The summed E-state index contributed by atoms with van der Waals surface area (Å²) in [6.45, 7) is 0.380. The van der Waals surface area contributed by atoms with Gasteiger partial charge in [0.15, 0.2) is 5.82 Å². The van der Waals surface area contributed by atoms with E-state index >= 15 is 0 Å². The molecule has 19 heavy (non-hydrogen) atoms. The van der Waals surface area contributed by atoms with E-state index in [0.717, 1.165) is 11.1 Å². The summed E-state index contributed by atoms with van der Waals surface area (Å²) in [5, 5.41) is 12.4. The average Bonchev–Trinajstić information content (AvgIpc) is 2.98. The van der Waals surface area contributed by atoms with E-state index in [2.05, 4.69) is 20.4 Å². The van der Waals surface area contributed by atoms with E-state index in [4.69, 9.17) is 5.73 Å². The van der Waals surface area contributed by atoms with Crippen LogP contribution in [0.1, 0.15) is 5.56 Å². The molecule has 1 aromatic carbocycles. The maximum atomic E-state index is 5.68. The molecule has 0 amide bonds. The molecule has 3 rings (SSSR count). The minimum absolute atomic E-state index is 0.380. The zero-order valence-electron chi connectivity index (χ0n) is 10.1. The van der Waals surface area contributed by atoms with Crippen molar-refractivity contribution in [3.05, 3.63) is 54.2 Å². The lowest BCUT2D eigenvalue weighted by atomic mass is 10.2. The first-order chi connectivity index (χ1) is 9.38. The number of benzene rings is 1. The van der Waals surface area contributed by atoms with Crippen molar-refractivity contribution in [3.63, 3.8) is 0 Å². The first-order valence-corrected chi connectivity index (χ1v) is 5.88. The summed E-state index contributed by atoms with van der Waals surface area (Å²) < 4.78 is 0. The molecule has 3 aromatic rings. The van der Waals surface area contributed by atoms with Crippen LogP contribution in [0.25, 0.3) is 17.2 Å². The van der Waals surface area contributed by atoms with E-state index in [1.807, 2.05) is 42.5 Å². The van der Waals surface area contributed by atoms with Gasteiger partial charge in [-0.1, -0.05) is 36.4 Å². The second kappa shape index (κ2) is 4.95. The molecule has 94 valence electrons. The molecule has 0 radical (unpaired) electrons. The van der Waals surface area contributed by atoms with Gasteiger partial charge in [0.25, 0.3) is 0 Å². The lowest BCUT2D eigenvalue weighted by Gasteiger charge is -2.02. The lowest BCUT2D eigenvalue weighted by molar-refractivity contribution is 0.691. The molecule has 0 atom stereocenters. The zero-order valence-corrected chi connectivity index (χ0v) is 10.1. The van der Waals surface area contributed by atoms with Gasteiger partial charge >= 0.3 is 0 Å². The van der Waals surface area contributed by atoms with Crippen LogP contribution in [0.3, 0.4) is 0 Å².